The fourth-order valence-electron chi connectivity index (χ4n) is 1.75. The van der Waals surface area contributed by atoms with E-state index < -0.39 is 5.82 Å². The molecule has 1 aromatic rings. The molecule has 0 amide bonds. The summed E-state index contributed by atoms with van der Waals surface area (Å²) in [5.41, 5.74) is 6.20. The minimum absolute atomic E-state index is 0.0658. The lowest BCUT2D eigenvalue weighted by Gasteiger charge is -2.12. The van der Waals surface area contributed by atoms with E-state index in [4.69, 9.17) is 17.3 Å². The van der Waals surface area contributed by atoms with E-state index in [1.54, 1.807) is 6.07 Å². The monoisotopic (exact) mass is 257 g/mol. The van der Waals surface area contributed by atoms with Gasteiger partial charge in [-0.3, -0.25) is 4.79 Å². The van der Waals surface area contributed by atoms with E-state index in [9.17, 15) is 9.18 Å². The van der Waals surface area contributed by atoms with Crippen LogP contribution in [0.4, 0.5) is 4.39 Å². The number of carbonyl (C=O) groups excluding carboxylic acids is 1. The molecule has 0 bridgehead atoms. The predicted molar refractivity (Wildman–Crippen MR) is 67.6 cm³/mol. The summed E-state index contributed by atoms with van der Waals surface area (Å²) in [6, 6.07) is 4.44. The Labute approximate surface area is 106 Å². The minimum Gasteiger partial charge on any atom is -0.330 e. The lowest BCUT2D eigenvalue weighted by atomic mass is 9.94. The van der Waals surface area contributed by atoms with Crippen molar-refractivity contribution >= 4 is 17.4 Å². The molecule has 0 aliphatic heterocycles. The van der Waals surface area contributed by atoms with Crippen LogP contribution >= 0.6 is 11.6 Å². The van der Waals surface area contributed by atoms with Crippen molar-refractivity contribution in [1.82, 2.24) is 0 Å². The molecule has 0 heterocycles. The average molecular weight is 258 g/mol. The third-order valence-corrected chi connectivity index (χ3v) is 3.05. The summed E-state index contributed by atoms with van der Waals surface area (Å²) in [6.45, 7) is 2.36. The Morgan fingerprint density at radius 2 is 2.24 bits per heavy atom. The molecule has 2 N–H and O–H groups in total. The molecule has 4 heteroatoms. The third kappa shape index (κ3) is 4.10. The first-order chi connectivity index (χ1) is 8.08. The van der Waals surface area contributed by atoms with Crippen LogP contribution in [0.15, 0.2) is 18.2 Å². The molecule has 17 heavy (non-hydrogen) atoms. The van der Waals surface area contributed by atoms with Gasteiger partial charge in [-0.05, 0) is 24.1 Å². The van der Waals surface area contributed by atoms with E-state index in [1.165, 1.54) is 12.1 Å². The van der Waals surface area contributed by atoms with E-state index >= 15 is 0 Å². The maximum atomic E-state index is 13.2. The van der Waals surface area contributed by atoms with Crippen molar-refractivity contribution < 1.29 is 9.18 Å². The molecule has 1 unspecified atom stereocenters. The third-order valence-electron chi connectivity index (χ3n) is 2.74. The van der Waals surface area contributed by atoms with Crippen molar-refractivity contribution in [2.75, 3.05) is 6.54 Å². The Morgan fingerprint density at radius 1 is 1.53 bits per heavy atom. The molecule has 0 aliphatic carbocycles. The van der Waals surface area contributed by atoms with Crippen molar-refractivity contribution in [2.24, 2.45) is 11.7 Å². The van der Waals surface area contributed by atoms with Crippen LogP contribution in [0, 0.1) is 11.7 Å². The van der Waals surface area contributed by atoms with E-state index in [-0.39, 0.29) is 23.1 Å². The van der Waals surface area contributed by atoms with Gasteiger partial charge >= 0.3 is 0 Å². The first-order valence-electron chi connectivity index (χ1n) is 5.75. The molecule has 2 nitrogen and oxygen atoms in total. The summed E-state index contributed by atoms with van der Waals surface area (Å²) in [5, 5.41) is 0.0742. The molecule has 0 saturated heterocycles. The Morgan fingerprint density at radius 3 is 2.76 bits per heavy atom. The van der Waals surface area contributed by atoms with Gasteiger partial charge in [0.1, 0.15) is 11.6 Å². The maximum Gasteiger partial charge on any atom is 0.142 e. The second-order valence-corrected chi connectivity index (χ2v) is 4.52. The molecule has 1 atom stereocenters. The Bertz CT molecular complexity index is 395. The molecule has 0 aliphatic rings. The summed E-state index contributed by atoms with van der Waals surface area (Å²) >= 11 is 5.58. The van der Waals surface area contributed by atoms with Crippen molar-refractivity contribution in [2.45, 2.75) is 26.2 Å². The van der Waals surface area contributed by atoms with Gasteiger partial charge in [0.2, 0.25) is 0 Å². The first-order valence-corrected chi connectivity index (χ1v) is 6.13. The summed E-state index contributed by atoms with van der Waals surface area (Å²) < 4.78 is 13.2. The molecule has 0 aromatic heterocycles. The lowest BCUT2D eigenvalue weighted by Crippen LogP contribution is -2.25. The van der Waals surface area contributed by atoms with E-state index in [0.29, 0.717) is 12.1 Å². The van der Waals surface area contributed by atoms with Gasteiger partial charge in [0, 0.05) is 18.9 Å². The standard InChI is InChI=1S/C13H17ClFNO/c1-2-3-10(8-16)13(17)7-9-4-5-11(14)12(15)6-9/h4-6,10H,2-3,7-8,16H2,1H3. The second-order valence-electron chi connectivity index (χ2n) is 4.11. The van der Waals surface area contributed by atoms with Gasteiger partial charge in [0.05, 0.1) is 5.02 Å². The number of Topliss-reactive ketones (excluding diaryl/α,β-unsaturated/α-hetero) is 1. The van der Waals surface area contributed by atoms with E-state index in [1.807, 2.05) is 6.92 Å². The summed E-state index contributed by atoms with van der Waals surface area (Å²) in [6.07, 6.45) is 1.92. The molecule has 1 aromatic carbocycles. The van der Waals surface area contributed by atoms with Crippen LogP contribution in [0.1, 0.15) is 25.3 Å². The predicted octanol–water partition coefficient (Wildman–Crippen LogP) is 2.97. The van der Waals surface area contributed by atoms with Gasteiger partial charge in [-0.25, -0.2) is 4.39 Å². The molecule has 1 rings (SSSR count). The van der Waals surface area contributed by atoms with Crippen molar-refractivity contribution in [3.8, 4) is 0 Å². The quantitative estimate of drug-likeness (QED) is 0.851. The van der Waals surface area contributed by atoms with Crippen LogP contribution in [0.25, 0.3) is 0 Å². The zero-order chi connectivity index (χ0) is 12.8. The molecule has 94 valence electrons. The maximum absolute atomic E-state index is 13.2. The zero-order valence-electron chi connectivity index (χ0n) is 9.88. The number of halogens is 2. The van der Waals surface area contributed by atoms with Gasteiger partial charge in [0.15, 0.2) is 0 Å². The number of rotatable bonds is 6. The summed E-state index contributed by atoms with van der Waals surface area (Å²) in [5.74, 6) is -0.549. The Hall–Kier alpha value is -0.930. The van der Waals surface area contributed by atoms with Gasteiger partial charge in [0.25, 0.3) is 0 Å². The van der Waals surface area contributed by atoms with Gasteiger partial charge in [-0.15, -0.1) is 0 Å². The fourth-order valence-corrected chi connectivity index (χ4v) is 1.87. The fraction of sp³-hybridized carbons (Fsp3) is 0.462. The van der Waals surface area contributed by atoms with Crippen LogP contribution < -0.4 is 5.73 Å². The largest absolute Gasteiger partial charge is 0.330 e. The first kappa shape index (κ1) is 14.1. The average Bonchev–Trinajstić information content (AvgIpc) is 2.30. The van der Waals surface area contributed by atoms with Crippen LogP contribution in [0.2, 0.25) is 5.02 Å². The molecule has 0 spiro atoms. The van der Waals surface area contributed by atoms with Crippen LogP contribution in [-0.2, 0) is 11.2 Å². The molecule has 0 saturated carbocycles. The Kier molecular flexibility index (Phi) is 5.59. The Balaban J connectivity index is 2.69. The molecule has 0 radical (unpaired) electrons. The highest BCUT2D eigenvalue weighted by Crippen LogP contribution is 2.17. The zero-order valence-corrected chi connectivity index (χ0v) is 10.6. The minimum atomic E-state index is -0.489. The molecule has 0 fully saturated rings. The highest BCUT2D eigenvalue weighted by molar-refractivity contribution is 6.30. The smallest absolute Gasteiger partial charge is 0.142 e. The van der Waals surface area contributed by atoms with Gasteiger partial charge in [-0.1, -0.05) is 31.0 Å². The lowest BCUT2D eigenvalue weighted by molar-refractivity contribution is -0.122. The number of benzene rings is 1. The van der Waals surface area contributed by atoms with Crippen molar-refractivity contribution in [3.63, 3.8) is 0 Å². The van der Waals surface area contributed by atoms with Crippen molar-refractivity contribution in [3.05, 3.63) is 34.6 Å². The van der Waals surface area contributed by atoms with Crippen LogP contribution in [0.5, 0.6) is 0 Å². The molecular weight excluding hydrogens is 241 g/mol. The van der Waals surface area contributed by atoms with Gasteiger partial charge < -0.3 is 5.73 Å². The second kappa shape index (κ2) is 6.72. The summed E-state index contributed by atoms with van der Waals surface area (Å²) in [4.78, 5) is 11.9. The van der Waals surface area contributed by atoms with Crippen molar-refractivity contribution in [1.29, 1.82) is 0 Å². The SMILES string of the molecule is CCCC(CN)C(=O)Cc1ccc(Cl)c(F)c1. The highest BCUT2D eigenvalue weighted by Gasteiger charge is 2.16. The number of carbonyl (C=O) groups is 1. The topological polar surface area (TPSA) is 43.1 Å². The normalized spacial score (nSPS) is 12.5. The van der Waals surface area contributed by atoms with E-state index in [2.05, 4.69) is 0 Å². The number of hydrogen-bond donors (Lipinski definition) is 1. The van der Waals surface area contributed by atoms with Gasteiger partial charge in [-0.2, -0.15) is 0 Å². The number of ketones is 1. The summed E-state index contributed by atoms with van der Waals surface area (Å²) in [7, 11) is 0. The van der Waals surface area contributed by atoms with Crippen LogP contribution in [0.3, 0.4) is 0 Å². The highest BCUT2D eigenvalue weighted by atomic mass is 35.5. The number of hydrogen-bond acceptors (Lipinski definition) is 2. The molecular formula is C13H17ClFNO. The van der Waals surface area contributed by atoms with Crippen LogP contribution in [-0.4, -0.2) is 12.3 Å². The van der Waals surface area contributed by atoms with E-state index in [0.717, 1.165) is 12.8 Å². The number of nitrogens with two attached hydrogens (primary N) is 1.